The van der Waals surface area contributed by atoms with Crippen LogP contribution < -0.4 is 20.3 Å². The molecule has 0 bridgehead atoms. The van der Waals surface area contributed by atoms with Gasteiger partial charge in [0.1, 0.15) is 5.82 Å². The lowest BCUT2D eigenvalue weighted by Gasteiger charge is -2.28. The summed E-state index contributed by atoms with van der Waals surface area (Å²) in [7, 11) is 0. The van der Waals surface area contributed by atoms with E-state index in [4.69, 9.17) is 32.7 Å². The molecule has 170 valence electrons. The number of ether oxygens (including phenoxy) is 2. The Bertz CT molecular complexity index is 1210. The number of hydrogen-bond acceptors (Lipinski definition) is 7. The van der Waals surface area contributed by atoms with Gasteiger partial charge in [-0.05, 0) is 36.4 Å². The van der Waals surface area contributed by atoms with Gasteiger partial charge in [0.25, 0.3) is 5.91 Å². The minimum Gasteiger partial charge on any atom is -0.462 e. The van der Waals surface area contributed by atoms with Gasteiger partial charge in [-0.15, -0.1) is 10.2 Å². The van der Waals surface area contributed by atoms with Crippen LogP contribution in [0.5, 0.6) is 5.75 Å². The van der Waals surface area contributed by atoms with E-state index in [1.807, 2.05) is 24.3 Å². The van der Waals surface area contributed by atoms with E-state index in [1.54, 1.807) is 0 Å². The lowest BCUT2D eigenvalue weighted by molar-refractivity contribution is 0.102. The molecule has 0 radical (unpaired) electrons. The van der Waals surface area contributed by atoms with Crippen molar-refractivity contribution in [1.29, 1.82) is 0 Å². The monoisotopic (exact) mass is 489 g/mol. The first-order chi connectivity index (χ1) is 16.0. The SMILES string of the molecule is O=C(Nc1ccc(N2CCOCC2)cc1)c1cc2c(nn1)NC(c1c(Cl)ccc(F)c1Cl)O2. The number of aromatic nitrogens is 2. The van der Waals surface area contributed by atoms with Crippen molar-refractivity contribution in [2.45, 2.75) is 6.23 Å². The van der Waals surface area contributed by atoms with Gasteiger partial charge in [-0.25, -0.2) is 4.39 Å². The standard InChI is InChI=1S/C22H18Cl2FN5O3/c23-14-5-6-15(25)19(24)18(14)22-27-20-17(33-22)11-16(28-29-20)21(31)26-12-1-3-13(4-2-12)30-7-9-32-10-8-30/h1-6,11,22H,7-10H2,(H,26,31)(H,27,29). The molecule has 0 aliphatic carbocycles. The van der Waals surface area contributed by atoms with Crippen LogP contribution in [-0.2, 0) is 4.74 Å². The van der Waals surface area contributed by atoms with Crippen LogP contribution in [0.15, 0.2) is 42.5 Å². The van der Waals surface area contributed by atoms with Crippen LogP contribution in [0.4, 0.5) is 21.6 Å². The van der Waals surface area contributed by atoms with E-state index in [2.05, 4.69) is 25.7 Å². The van der Waals surface area contributed by atoms with Gasteiger partial charge < -0.3 is 25.0 Å². The number of nitrogens with one attached hydrogen (secondary N) is 2. The summed E-state index contributed by atoms with van der Waals surface area (Å²) in [6, 6.07) is 11.6. The molecule has 3 aromatic rings. The van der Waals surface area contributed by atoms with Crippen LogP contribution in [0, 0.1) is 5.82 Å². The molecule has 1 saturated heterocycles. The Morgan fingerprint density at radius 2 is 1.88 bits per heavy atom. The van der Waals surface area contributed by atoms with Crippen LogP contribution in [0.3, 0.4) is 0 Å². The lowest BCUT2D eigenvalue weighted by atomic mass is 10.2. The summed E-state index contributed by atoms with van der Waals surface area (Å²) < 4.78 is 25.0. The lowest BCUT2D eigenvalue weighted by Crippen LogP contribution is -2.36. The maximum atomic E-state index is 13.9. The second kappa shape index (κ2) is 9.01. The maximum Gasteiger partial charge on any atom is 0.276 e. The molecule has 2 aliphatic heterocycles. The summed E-state index contributed by atoms with van der Waals surface area (Å²) in [4.78, 5) is 14.9. The third kappa shape index (κ3) is 4.39. The van der Waals surface area contributed by atoms with Crippen LogP contribution in [0.25, 0.3) is 0 Å². The van der Waals surface area contributed by atoms with E-state index in [1.165, 1.54) is 18.2 Å². The summed E-state index contributed by atoms with van der Waals surface area (Å²) in [5.74, 6) is -0.497. The van der Waals surface area contributed by atoms with Crippen LogP contribution in [-0.4, -0.2) is 42.4 Å². The van der Waals surface area contributed by atoms with Crippen molar-refractivity contribution in [3.8, 4) is 5.75 Å². The predicted molar refractivity (Wildman–Crippen MR) is 123 cm³/mol. The van der Waals surface area contributed by atoms with Crippen molar-refractivity contribution >= 4 is 46.3 Å². The number of rotatable bonds is 4. The van der Waals surface area contributed by atoms with E-state index in [-0.39, 0.29) is 27.1 Å². The minimum absolute atomic E-state index is 0.0601. The summed E-state index contributed by atoms with van der Waals surface area (Å²) in [5.41, 5.74) is 1.98. The molecule has 5 rings (SSSR count). The fourth-order valence-electron chi connectivity index (χ4n) is 3.64. The molecule has 8 nitrogen and oxygen atoms in total. The number of fused-ring (bicyclic) bond motifs is 1. The molecule has 1 atom stereocenters. The Kier molecular flexibility index (Phi) is 5.92. The number of carbonyl (C=O) groups excluding carboxylic acids is 1. The number of anilines is 3. The van der Waals surface area contributed by atoms with Crippen molar-refractivity contribution in [1.82, 2.24) is 10.2 Å². The number of nitrogens with zero attached hydrogens (tertiary/aromatic N) is 3. The zero-order chi connectivity index (χ0) is 22.9. The van der Waals surface area contributed by atoms with Gasteiger partial charge in [0, 0.05) is 30.5 Å². The van der Waals surface area contributed by atoms with Crippen molar-refractivity contribution in [2.75, 3.05) is 41.8 Å². The molecule has 0 saturated carbocycles. The molecule has 2 N–H and O–H groups in total. The Morgan fingerprint density at radius 3 is 2.64 bits per heavy atom. The van der Waals surface area contributed by atoms with Crippen LogP contribution in [0.1, 0.15) is 22.3 Å². The van der Waals surface area contributed by atoms with E-state index < -0.39 is 18.0 Å². The van der Waals surface area contributed by atoms with Gasteiger partial charge in [0.2, 0.25) is 6.23 Å². The largest absolute Gasteiger partial charge is 0.462 e. The highest BCUT2D eigenvalue weighted by Gasteiger charge is 2.31. The minimum atomic E-state index is -0.865. The van der Waals surface area contributed by atoms with Gasteiger partial charge in [-0.1, -0.05) is 23.2 Å². The first-order valence-electron chi connectivity index (χ1n) is 10.2. The quantitative estimate of drug-likeness (QED) is 0.521. The van der Waals surface area contributed by atoms with E-state index in [9.17, 15) is 9.18 Å². The molecule has 33 heavy (non-hydrogen) atoms. The molecule has 11 heteroatoms. The van der Waals surface area contributed by atoms with Gasteiger partial charge >= 0.3 is 0 Å². The maximum absolute atomic E-state index is 13.9. The third-order valence-electron chi connectivity index (χ3n) is 5.35. The topological polar surface area (TPSA) is 88.6 Å². The van der Waals surface area contributed by atoms with Gasteiger partial charge in [0.15, 0.2) is 17.3 Å². The highest BCUT2D eigenvalue weighted by molar-refractivity contribution is 6.36. The third-order valence-corrected chi connectivity index (χ3v) is 6.06. The first kappa shape index (κ1) is 21.7. The van der Waals surface area contributed by atoms with E-state index in [0.717, 1.165) is 18.8 Å². The number of hydrogen-bond donors (Lipinski definition) is 2. The van der Waals surface area contributed by atoms with Crippen molar-refractivity contribution in [2.24, 2.45) is 0 Å². The second-order valence-electron chi connectivity index (χ2n) is 7.44. The molecule has 1 amide bonds. The fraction of sp³-hybridized carbons (Fsp3) is 0.227. The molecular weight excluding hydrogens is 472 g/mol. The number of morpholine rings is 1. The van der Waals surface area contributed by atoms with Crippen molar-refractivity contribution in [3.05, 3.63) is 69.6 Å². The van der Waals surface area contributed by atoms with Crippen molar-refractivity contribution in [3.63, 3.8) is 0 Å². The normalized spacial score (nSPS) is 17.2. The molecule has 2 aliphatic rings. The molecule has 1 unspecified atom stereocenters. The Morgan fingerprint density at radius 1 is 1.12 bits per heavy atom. The molecular formula is C22H18Cl2FN5O3. The average Bonchev–Trinajstić information content (AvgIpc) is 3.25. The highest BCUT2D eigenvalue weighted by Crippen LogP contribution is 2.41. The summed E-state index contributed by atoms with van der Waals surface area (Å²) in [6.07, 6.45) is -0.865. The molecule has 1 fully saturated rings. The van der Waals surface area contributed by atoms with E-state index >= 15 is 0 Å². The van der Waals surface area contributed by atoms with Crippen molar-refractivity contribution < 1.29 is 18.7 Å². The Labute approximate surface area is 198 Å². The van der Waals surface area contributed by atoms with E-state index in [0.29, 0.717) is 24.7 Å². The highest BCUT2D eigenvalue weighted by atomic mass is 35.5. The molecule has 1 aromatic heterocycles. The number of carbonyl (C=O) groups is 1. The van der Waals surface area contributed by atoms with Gasteiger partial charge in [-0.3, -0.25) is 4.79 Å². The molecule has 0 spiro atoms. The Balaban J connectivity index is 1.28. The summed E-state index contributed by atoms with van der Waals surface area (Å²) in [6.45, 7) is 3.06. The average molecular weight is 490 g/mol. The smallest absolute Gasteiger partial charge is 0.276 e. The first-order valence-corrected chi connectivity index (χ1v) is 10.9. The zero-order valence-corrected chi connectivity index (χ0v) is 18.7. The predicted octanol–water partition coefficient (Wildman–Crippen LogP) is 4.51. The van der Waals surface area contributed by atoms with Gasteiger partial charge in [-0.2, -0.15) is 0 Å². The van der Waals surface area contributed by atoms with Gasteiger partial charge in [0.05, 0.1) is 28.8 Å². The number of halogens is 3. The number of amides is 1. The summed E-state index contributed by atoms with van der Waals surface area (Å²) >= 11 is 12.2. The van der Waals surface area contributed by atoms with Crippen LogP contribution in [0.2, 0.25) is 10.0 Å². The zero-order valence-electron chi connectivity index (χ0n) is 17.1. The fourth-order valence-corrected chi connectivity index (χ4v) is 4.21. The Hall–Kier alpha value is -3.14. The van der Waals surface area contributed by atoms with Crippen LogP contribution >= 0.6 is 23.2 Å². The molecule has 2 aromatic carbocycles. The number of benzene rings is 2. The molecule has 3 heterocycles. The summed E-state index contributed by atoms with van der Waals surface area (Å²) in [5, 5.41) is 13.8. The second-order valence-corrected chi connectivity index (χ2v) is 8.23.